The number of hydrogen-bond acceptors (Lipinski definition) is 3. The molecule has 2 unspecified atom stereocenters. The van der Waals surface area contributed by atoms with Crippen LogP contribution in [-0.4, -0.2) is 17.7 Å². The molecule has 0 radical (unpaired) electrons. The van der Waals surface area contributed by atoms with Gasteiger partial charge in [0.15, 0.2) is 0 Å². The van der Waals surface area contributed by atoms with Crippen LogP contribution in [0, 0.1) is 0 Å². The van der Waals surface area contributed by atoms with E-state index in [4.69, 9.17) is 4.74 Å². The van der Waals surface area contributed by atoms with Crippen molar-refractivity contribution in [2.45, 2.75) is 12.4 Å². The van der Waals surface area contributed by atoms with E-state index in [1.165, 1.54) is 6.66 Å². The number of carbonyl (C=O) groups excluding carboxylic acids is 1. The molecule has 2 N–H and O–H groups in total. The Morgan fingerprint density at radius 3 is 2.23 bits per heavy atom. The van der Waals surface area contributed by atoms with Crippen molar-refractivity contribution in [2.75, 3.05) is 6.66 Å². The standard InChI is InChI=1S/C16H18NO4P/c1-22(19,20)15(14-10-6-3-7-11-14)17-16(18)21-12-13-8-4-2-5-9-13/h2-11,15H,12H2,1H3,(H,17,18)(H,19,20). The summed E-state index contributed by atoms with van der Waals surface area (Å²) in [7, 11) is -3.56. The fourth-order valence-corrected chi connectivity index (χ4v) is 3.06. The third-order valence-electron chi connectivity index (χ3n) is 3.06. The van der Waals surface area contributed by atoms with Crippen LogP contribution >= 0.6 is 7.37 Å². The van der Waals surface area contributed by atoms with Gasteiger partial charge in [-0.1, -0.05) is 60.7 Å². The molecule has 0 aliphatic heterocycles. The molecule has 2 rings (SSSR count). The summed E-state index contributed by atoms with van der Waals surface area (Å²) in [6.45, 7) is 1.32. The zero-order valence-electron chi connectivity index (χ0n) is 12.2. The van der Waals surface area contributed by atoms with Gasteiger partial charge in [0.25, 0.3) is 0 Å². The smallest absolute Gasteiger partial charge is 0.408 e. The highest BCUT2D eigenvalue weighted by molar-refractivity contribution is 7.57. The Kier molecular flexibility index (Phi) is 5.36. The van der Waals surface area contributed by atoms with Gasteiger partial charge in [-0.25, -0.2) is 4.79 Å². The predicted molar refractivity (Wildman–Crippen MR) is 84.7 cm³/mol. The molecule has 0 aliphatic rings. The molecule has 0 saturated carbocycles. The van der Waals surface area contributed by atoms with Crippen LogP contribution in [0.5, 0.6) is 0 Å². The highest BCUT2D eigenvalue weighted by Gasteiger charge is 2.29. The van der Waals surface area contributed by atoms with Gasteiger partial charge >= 0.3 is 6.09 Å². The first-order valence-electron chi connectivity index (χ1n) is 6.79. The second-order valence-electron chi connectivity index (χ2n) is 4.96. The Hall–Kier alpha value is -2.10. The fourth-order valence-electron chi connectivity index (χ4n) is 1.99. The molecule has 0 spiro atoms. The van der Waals surface area contributed by atoms with E-state index in [-0.39, 0.29) is 6.61 Å². The average molecular weight is 319 g/mol. The van der Waals surface area contributed by atoms with E-state index < -0.39 is 19.2 Å². The van der Waals surface area contributed by atoms with E-state index in [1.807, 2.05) is 30.3 Å². The van der Waals surface area contributed by atoms with Crippen LogP contribution < -0.4 is 5.32 Å². The third-order valence-corrected chi connectivity index (χ3v) is 4.45. The van der Waals surface area contributed by atoms with Crippen LogP contribution in [0.3, 0.4) is 0 Å². The second-order valence-corrected chi connectivity index (χ2v) is 7.37. The summed E-state index contributed by atoms with van der Waals surface area (Å²) in [5.41, 5.74) is 1.41. The summed E-state index contributed by atoms with van der Waals surface area (Å²) in [5.74, 6) is -0.989. The Labute approximate surface area is 129 Å². The molecule has 0 aliphatic carbocycles. The van der Waals surface area contributed by atoms with E-state index in [0.717, 1.165) is 5.56 Å². The van der Waals surface area contributed by atoms with Gasteiger partial charge in [0.1, 0.15) is 12.4 Å². The van der Waals surface area contributed by atoms with Crippen LogP contribution in [0.1, 0.15) is 16.9 Å². The SMILES string of the molecule is CP(=O)(O)C(NC(=O)OCc1ccccc1)c1ccccc1. The molecular weight excluding hydrogens is 301 g/mol. The van der Waals surface area contributed by atoms with Gasteiger partial charge in [0.05, 0.1) is 0 Å². The maximum atomic E-state index is 12.0. The number of hydrogen-bond donors (Lipinski definition) is 2. The topological polar surface area (TPSA) is 75.6 Å². The molecule has 0 fully saturated rings. The predicted octanol–water partition coefficient (Wildman–Crippen LogP) is 3.51. The number of rotatable bonds is 5. The average Bonchev–Trinajstić information content (AvgIpc) is 2.51. The Balaban J connectivity index is 2.02. The van der Waals surface area contributed by atoms with Crippen molar-refractivity contribution < 1.29 is 19.0 Å². The van der Waals surface area contributed by atoms with Gasteiger partial charge in [-0.15, -0.1) is 0 Å². The fraction of sp³-hybridized carbons (Fsp3) is 0.188. The minimum Gasteiger partial charge on any atom is -0.445 e. The Morgan fingerprint density at radius 1 is 1.14 bits per heavy atom. The van der Waals surface area contributed by atoms with Crippen molar-refractivity contribution in [3.63, 3.8) is 0 Å². The summed E-state index contributed by atoms with van der Waals surface area (Å²) in [6, 6.07) is 17.9. The van der Waals surface area contributed by atoms with E-state index in [9.17, 15) is 14.3 Å². The highest BCUT2D eigenvalue weighted by atomic mass is 31.2. The lowest BCUT2D eigenvalue weighted by atomic mass is 10.2. The molecule has 116 valence electrons. The lowest BCUT2D eigenvalue weighted by molar-refractivity contribution is 0.138. The zero-order chi connectivity index (χ0) is 16.0. The van der Waals surface area contributed by atoms with Crippen LogP contribution in [0.25, 0.3) is 0 Å². The van der Waals surface area contributed by atoms with Gasteiger partial charge in [0.2, 0.25) is 7.37 Å². The van der Waals surface area contributed by atoms with Crippen LogP contribution in [0.4, 0.5) is 4.79 Å². The number of amides is 1. The van der Waals surface area contributed by atoms with Gasteiger partial charge in [-0.05, 0) is 11.1 Å². The molecule has 2 aromatic carbocycles. The van der Waals surface area contributed by atoms with E-state index in [2.05, 4.69) is 5.32 Å². The van der Waals surface area contributed by atoms with Gasteiger partial charge < -0.3 is 14.9 Å². The molecule has 2 aromatic rings. The summed E-state index contributed by atoms with van der Waals surface area (Å²) in [4.78, 5) is 21.7. The van der Waals surface area contributed by atoms with Gasteiger partial charge in [0, 0.05) is 6.66 Å². The molecule has 0 saturated heterocycles. The summed E-state index contributed by atoms with van der Waals surface area (Å²) in [5, 5.41) is 2.47. The Bertz CT molecular complexity index is 654. The normalized spacial score (nSPS) is 14.6. The molecule has 0 bridgehead atoms. The van der Waals surface area contributed by atoms with Crippen molar-refractivity contribution in [1.29, 1.82) is 0 Å². The monoisotopic (exact) mass is 319 g/mol. The molecular formula is C16H18NO4P. The van der Waals surface area contributed by atoms with Crippen molar-refractivity contribution in [1.82, 2.24) is 5.32 Å². The second kappa shape index (κ2) is 7.25. The van der Waals surface area contributed by atoms with Crippen molar-refractivity contribution in [3.05, 3.63) is 71.8 Å². The molecule has 0 aromatic heterocycles. The minimum atomic E-state index is -3.56. The largest absolute Gasteiger partial charge is 0.445 e. The molecule has 2 atom stereocenters. The Morgan fingerprint density at radius 2 is 1.68 bits per heavy atom. The maximum Gasteiger partial charge on any atom is 0.408 e. The first-order chi connectivity index (χ1) is 10.5. The van der Waals surface area contributed by atoms with Crippen LogP contribution in [0.2, 0.25) is 0 Å². The number of carbonyl (C=O) groups is 1. The lowest BCUT2D eigenvalue weighted by Gasteiger charge is -2.21. The van der Waals surface area contributed by atoms with Gasteiger partial charge in [-0.2, -0.15) is 0 Å². The number of ether oxygens (including phenoxy) is 1. The molecule has 22 heavy (non-hydrogen) atoms. The molecule has 1 amide bonds. The molecule has 0 heterocycles. The maximum absolute atomic E-state index is 12.0. The number of nitrogens with one attached hydrogen (secondary N) is 1. The summed E-state index contributed by atoms with van der Waals surface area (Å²) < 4.78 is 17.1. The number of benzene rings is 2. The quantitative estimate of drug-likeness (QED) is 0.827. The summed E-state index contributed by atoms with van der Waals surface area (Å²) >= 11 is 0. The summed E-state index contributed by atoms with van der Waals surface area (Å²) in [6.07, 6.45) is -0.728. The molecule has 6 heteroatoms. The lowest BCUT2D eigenvalue weighted by Crippen LogP contribution is -2.29. The van der Waals surface area contributed by atoms with Gasteiger partial charge in [-0.3, -0.25) is 4.57 Å². The zero-order valence-corrected chi connectivity index (χ0v) is 13.1. The van der Waals surface area contributed by atoms with E-state index in [1.54, 1.807) is 30.3 Å². The third kappa shape index (κ3) is 4.72. The first kappa shape index (κ1) is 16.3. The highest BCUT2D eigenvalue weighted by Crippen LogP contribution is 2.50. The first-order valence-corrected chi connectivity index (χ1v) is 8.96. The van der Waals surface area contributed by atoms with Crippen LogP contribution in [-0.2, 0) is 15.9 Å². The minimum absolute atomic E-state index is 0.105. The molecule has 5 nitrogen and oxygen atoms in total. The van der Waals surface area contributed by atoms with Crippen molar-refractivity contribution >= 4 is 13.5 Å². The van der Waals surface area contributed by atoms with Crippen LogP contribution in [0.15, 0.2) is 60.7 Å². The van der Waals surface area contributed by atoms with E-state index in [0.29, 0.717) is 5.56 Å². The van der Waals surface area contributed by atoms with Crippen molar-refractivity contribution in [3.8, 4) is 0 Å². The van der Waals surface area contributed by atoms with Crippen molar-refractivity contribution in [2.24, 2.45) is 0 Å². The van der Waals surface area contributed by atoms with E-state index >= 15 is 0 Å². The number of alkyl carbamates (subject to hydrolysis) is 1.